The van der Waals surface area contributed by atoms with E-state index in [1.807, 2.05) is 18.2 Å². The van der Waals surface area contributed by atoms with Crippen LogP contribution >= 0.6 is 0 Å². The van der Waals surface area contributed by atoms with E-state index in [4.69, 9.17) is 9.47 Å². The standard InChI is InChI=1S/C16H17NO4/c1-12(18)10-14(17-19)7-5-4-6-13-8-9-15(20-2)16(11-13)21-3/h4-11H,1-3H3/b6-4+,7-5+,14-10-. The van der Waals surface area contributed by atoms with Crippen LogP contribution in [0.25, 0.3) is 6.08 Å². The first kappa shape index (κ1) is 16.4. The van der Waals surface area contributed by atoms with Crippen molar-refractivity contribution >= 4 is 11.9 Å². The number of carbonyl (C=O) groups excluding carboxylic acids is 1. The molecule has 5 nitrogen and oxygen atoms in total. The Labute approximate surface area is 123 Å². The lowest BCUT2D eigenvalue weighted by molar-refractivity contribution is -0.112. The van der Waals surface area contributed by atoms with Crippen molar-refractivity contribution in [1.29, 1.82) is 0 Å². The Morgan fingerprint density at radius 3 is 2.43 bits per heavy atom. The van der Waals surface area contributed by atoms with E-state index in [1.54, 1.807) is 32.4 Å². The maximum Gasteiger partial charge on any atom is 0.161 e. The lowest BCUT2D eigenvalue weighted by Crippen LogP contribution is -1.90. The van der Waals surface area contributed by atoms with Crippen molar-refractivity contribution in [1.82, 2.24) is 0 Å². The second kappa shape index (κ2) is 8.47. The molecule has 1 rings (SSSR count). The van der Waals surface area contributed by atoms with E-state index in [9.17, 15) is 9.70 Å². The van der Waals surface area contributed by atoms with Crippen molar-refractivity contribution < 1.29 is 14.3 Å². The molecule has 0 bridgehead atoms. The Morgan fingerprint density at radius 2 is 1.86 bits per heavy atom. The molecule has 5 heteroatoms. The first-order valence-corrected chi connectivity index (χ1v) is 6.23. The summed E-state index contributed by atoms with van der Waals surface area (Å²) in [4.78, 5) is 21.3. The average Bonchev–Trinajstić information content (AvgIpc) is 2.49. The van der Waals surface area contributed by atoms with Crippen LogP contribution in [0.4, 0.5) is 0 Å². The Hall–Kier alpha value is -2.69. The molecular formula is C16H17NO4. The van der Waals surface area contributed by atoms with Crippen LogP contribution in [0.3, 0.4) is 0 Å². The van der Waals surface area contributed by atoms with Crippen LogP contribution in [0.2, 0.25) is 0 Å². The number of methoxy groups -OCH3 is 2. The topological polar surface area (TPSA) is 65.0 Å². The van der Waals surface area contributed by atoms with Gasteiger partial charge in [0.15, 0.2) is 17.3 Å². The van der Waals surface area contributed by atoms with Crippen molar-refractivity contribution in [2.24, 2.45) is 5.18 Å². The minimum absolute atomic E-state index is 0.0828. The van der Waals surface area contributed by atoms with E-state index < -0.39 is 0 Å². The number of ketones is 1. The molecule has 0 aliphatic rings. The fourth-order valence-corrected chi connectivity index (χ4v) is 1.59. The third kappa shape index (κ3) is 5.44. The predicted octanol–water partition coefficient (Wildman–Crippen LogP) is 3.51. The molecule has 0 heterocycles. The van der Waals surface area contributed by atoms with Crippen molar-refractivity contribution in [2.45, 2.75) is 6.92 Å². The van der Waals surface area contributed by atoms with Gasteiger partial charge in [-0.15, -0.1) is 4.91 Å². The SMILES string of the molecule is COc1ccc(/C=C/C=C/C(=C/C(C)=O)N=O)cc1OC. The van der Waals surface area contributed by atoms with E-state index in [1.165, 1.54) is 19.1 Å². The van der Waals surface area contributed by atoms with Gasteiger partial charge in [-0.2, -0.15) is 0 Å². The Bertz CT molecular complexity index is 600. The zero-order valence-corrected chi connectivity index (χ0v) is 12.2. The van der Waals surface area contributed by atoms with Gasteiger partial charge in [0.05, 0.1) is 14.2 Å². The fraction of sp³-hybridized carbons (Fsp3) is 0.188. The monoisotopic (exact) mass is 287 g/mol. The van der Waals surface area contributed by atoms with Gasteiger partial charge in [-0.1, -0.05) is 24.3 Å². The largest absolute Gasteiger partial charge is 0.493 e. The van der Waals surface area contributed by atoms with Gasteiger partial charge in [0, 0.05) is 6.08 Å². The van der Waals surface area contributed by atoms with Gasteiger partial charge in [0.25, 0.3) is 0 Å². The first-order valence-electron chi connectivity index (χ1n) is 6.23. The highest BCUT2D eigenvalue weighted by atomic mass is 16.5. The number of hydrogen-bond acceptors (Lipinski definition) is 5. The van der Waals surface area contributed by atoms with E-state index in [-0.39, 0.29) is 11.5 Å². The molecule has 0 saturated heterocycles. The summed E-state index contributed by atoms with van der Waals surface area (Å²) in [6.45, 7) is 1.36. The molecule has 0 aliphatic carbocycles. The smallest absolute Gasteiger partial charge is 0.161 e. The zero-order valence-electron chi connectivity index (χ0n) is 12.2. The number of nitroso groups, excluding NO2 is 1. The molecule has 0 aromatic heterocycles. The Kier molecular flexibility index (Phi) is 6.60. The van der Waals surface area contributed by atoms with Crippen LogP contribution in [0.5, 0.6) is 11.5 Å². The number of rotatable bonds is 7. The molecule has 0 radical (unpaired) electrons. The molecule has 0 unspecified atom stereocenters. The van der Waals surface area contributed by atoms with Crippen LogP contribution < -0.4 is 9.47 Å². The molecule has 1 aromatic carbocycles. The van der Waals surface area contributed by atoms with Gasteiger partial charge >= 0.3 is 0 Å². The molecule has 0 N–H and O–H groups in total. The highest BCUT2D eigenvalue weighted by Gasteiger charge is 2.02. The van der Waals surface area contributed by atoms with Gasteiger partial charge in [-0.05, 0) is 35.9 Å². The highest BCUT2D eigenvalue weighted by Crippen LogP contribution is 2.27. The van der Waals surface area contributed by atoms with Gasteiger partial charge in [0.2, 0.25) is 0 Å². The highest BCUT2D eigenvalue weighted by molar-refractivity contribution is 5.88. The molecule has 0 saturated carbocycles. The van der Waals surface area contributed by atoms with Crippen molar-refractivity contribution in [3.05, 3.63) is 58.7 Å². The molecule has 1 aromatic rings. The summed E-state index contributed by atoms with van der Waals surface area (Å²) < 4.78 is 10.4. The molecular weight excluding hydrogens is 270 g/mol. The maximum absolute atomic E-state index is 10.8. The quantitative estimate of drug-likeness (QED) is 0.437. The molecule has 0 atom stereocenters. The Morgan fingerprint density at radius 1 is 1.14 bits per heavy atom. The van der Waals surface area contributed by atoms with Crippen molar-refractivity contribution in [2.75, 3.05) is 14.2 Å². The molecule has 0 spiro atoms. The number of carbonyl (C=O) groups is 1. The second-order valence-corrected chi connectivity index (χ2v) is 4.10. The maximum atomic E-state index is 10.8. The number of benzene rings is 1. The van der Waals surface area contributed by atoms with E-state index in [2.05, 4.69) is 5.18 Å². The molecule has 0 fully saturated rings. The summed E-state index contributed by atoms with van der Waals surface area (Å²) in [5.74, 6) is 1.07. The van der Waals surface area contributed by atoms with E-state index >= 15 is 0 Å². The lowest BCUT2D eigenvalue weighted by atomic mass is 10.2. The summed E-state index contributed by atoms with van der Waals surface area (Å²) >= 11 is 0. The van der Waals surface area contributed by atoms with Crippen molar-refractivity contribution in [3.8, 4) is 11.5 Å². The van der Waals surface area contributed by atoms with Crippen LogP contribution in [-0.2, 0) is 4.79 Å². The predicted molar refractivity (Wildman–Crippen MR) is 82.3 cm³/mol. The summed E-state index contributed by atoms with van der Waals surface area (Å²) in [6, 6.07) is 5.50. The van der Waals surface area contributed by atoms with Crippen LogP contribution in [0.15, 0.2) is 53.4 Å². The zero-order chi connectivity index (χ0) is 15.7. The summed E-state index contributed by atoms with van der Waals surface area (Å²) in [5, 5.41) is 2.76. The van der Waals surface area contributed by atoms with Crippen molar-refractivity contribution in [3.63, 3.8) is 0 Å². The molecule has 21 heavy (non-hydrogen) atoms. The van der Waals surface area contributed by atoms with Gasteiger partial charge < -0.3 is 9.47 Å². The normalized spacial score (nSPS) is 11.9. The Balaban J connectivity index is 2.81. The van der Waals surface area contributed by atoms with Gasteiger partial charge in [-0.25, -0.2) is 0 Å². The minimum atomic E-state index is -0.224. The molecule has 0 aliphatic heterocycles. The summed E-state index contributed by atoms with van der Waals surface area (Å²) in [6.07, 6.45) is 7.83. The van der Waals surface area contributed by atoms with Crippen LogP contribution in [0.1, 0.15) is 12.5 Å². The molecule has 0 amide bonds. The second-order valence-electron chi connectivity index (χ2n) is 4.10. The summed E-state index contributed by atoms with van der Waals surface area (Å²) in [5.41, 5.74) is 0.993. The molecule has 110 valence electrons. The number of nitrogens with zero attached hydrogens (tertiary/aromatic N) is 1. The minimum Gasteiger partial charge on any atom is -0.493 e. The third-order valence-electron chi connectivity index (χ3n) is 2.53. The summed E-state index contributed by atoms with van der Waals surface area (Å²) in [7, 11) is 3.14. The fourth-order valence-electron chi connectivity index (χ4n) is 1.59. The van der Waals surface area contributed by atoms with Gasteiger partial charge in [0.1, 0.15) is 5.70 Å². The number of allylic oxidation sites excluding steroid dienone is 4. The van der Waals surface area contributed by atoms with E-state index in [0.717, 1.165) is 5.56 Å². The lowest BCUT2D eigenvalue weighted by Gasteiger charge is -2.07. The van der Waals surface area contributed by atoms with Crippen LogP contribution in [-0.4, -0.2) is 20.0 Å². The number of ether oxygens (including phenoxy) is 2. The van der Waals surface area contributed by atoms with Crippen LogP contribution in [0, 0.1) is 4.91 Å². The van der Waals surface area contributed by atoms with E-state index in [0.29, 0.717) is 11.5 Å². The number of hydrogen-bond donors (Lipinski definition) is 0. The van der Waals surface area contributed by atoms with Gasteiger partial charge in [-0.3, -0.25) is 4.79 Å². The third-order valence-corrected chi connectivity index (χ3v) is 2.53. The average molecular weight is 287 g/mol. The first-order chi connectivity index (χ1) is 10.1.